The van der Waals surface area contributed by atoms with Gasteiger partial charge in [-0.25, -0.2) is 0 Å². The van der Waals surface area contributed by atoms with E-state index in [1.54, 1.807) is 12.3 Å². The van der Waals surface area contributed by atoms with Crippen LogP contribution in [0.1, 0.15) is 0 Å². The van der Waals surface area contributed by atoms with Crippen molar-refractivity contribution in [2.24, 2.45) is 4.99 Å². The summed E-state index contributed by atoms with van der Waals surface area (Å²) in [6.45, 7) is 3.29. The summed E-state index contributed by atoms with van der Waals surface area (Å²) < 4.78 is 4.67. The van der Waals surface area contributed by atoms with E-state index < -0.39 is 0 Å². The molecule has 0 aliphatic heterocycles. The highest BCUT2D eigenvalue weighted by Crippen LogP contribution is 2.08. The van der Waals surface area contributed by atoms with E-state index in [2.05, 4.69) is 16.1 Å². The van der Waals surface area contributed by atoms with Gasteiger partial charge in [-0.3, -0.25) is 4.99 Å². The van der Waals surface area contributed by atoms with Gasteiger partial charge in [-0.05, 0) is 6.72 Å². The van der Waals surface area contributed by atoms with Gasteiger partial charge in [0.1, 0.15) is 12.0 Å². The van der Waals surface area contributed by atoms with Crippen LogP contribution in [0.4, 0.5) is 5.69 Å². The summed E-state index contributed by atoms with van der Waals surface area (Å²) in [5.41, 5.74) is 0.778. The Morgan fingerprint density at radius 3 is 2.86 bits per heavy atom. The second-order valence-electron chi connectivity index (χ2n) is 1.14. The van der Waals surface area contributed by atoms with E-state index in [1.807, 2.05) is 0 Å². The molecular weight excluding hydrogens is 90.1 g/mol. The predicted molar refractivity (Wildman–Crippen MR) is 27.9 cm³/mol. The molecule has 0 saturated carbocycles. The first-order valence-corrected chi connectivity index (χ1v) is 1.92. The van der Waals surface area contributed by atoms with Crippen molar-refractivity contribution in [1.82, 2.24) is 0 Å². The van der Waals surface area contributed by atoms with Gasteiger partial charge in [0, 0.05) is 6.07 Å². The highest BCUT2D eigenvalue weighted by Gasteiger charge is 1.81. The second-order valence-corrected chi connectivity index (χ2v) is 1.14. The van der Waals surface area contributed by atoms with Crippen LogP contribution >= 0.6 is 0 Å². The van der Waals surface area contributed by atoms with E-state index >= 15 is 0 Å². The third kappa shape index (κ3) is 0.682. The van der Waals surface area contributed by atoms with E-state index in [9.17, 15) is 0 Å². The van der Waals surface area contributed by atoms with Crippen LogP contribution in [0.25, 0.3) is 0 Å². The molecule has 0 N–H and O–H groups in total. The second kappa shape index (κ2) is 1.60. The molecule has 1 heterocycles. The van der Waals surface area contributed by atoms with Gasteiger partial charge in [-0.1, -0.05) is 0 Å². The minimum absolute atomic E-state index is 0.778. The van der Waals surface area contributed by atoms with Crippen LogP contribution in [0.2, 0.25) is 0 Å². The fourth-order valence-electron chi connectivity index (χ4n) is 0.347. The van der Waals surface area contributed by atoms with E-state index in [4.69, 9.17) is 0 Å². The number of furan rings is 1. The Hall–Kier alpha value is -1.05. The Kier molecular flexibility index (Phi) is 0.941. The van der Waals surface area contributed by atoms with Gasteiger partial charge >= 0.3 is 0 Å². The first-order chi connectivity index (χ1) is 3.43. The molecule has 0 amide bonds. The maximum absolute atomic E-state index is 4.67. The molecular formula is C5H5NO. The standard InChI is InChI=1S/C5H5NO/c1-6-5-2-3-7-4-5/h2-4H,1H2. The van der Waals surface area contributed by atoms with Crippen molar-refractivity contribution in [3.05, 3.63) is 18.6 Å². The summed E-state index contributed by atoms with van der Waals surface area (Å²) in [5.74, 6) is 0. The van der Waals surface area contributed by atoms with Gasteiger partial charge in [-0.15, -0.1) is 0 Å². The van der Waals surface area contributed by atoms with Crippen LogP contribution in [0.5, 0.6) is 0 Å². The van der Waals surface area contributed by atoms with Crippen molar-refractivity contribution in [3.8, 4) is 0 Å². The lowest BCUT2D eigenvalue weighted by Crippen LogP contribution is -1.42. The molecule has 2 heteroatoms. The fraction of sp³-hybridized carbons (Fsp3) is 0. The third-order valence-electron chi connectivity index (χ3n) is 0.689. The van der Waals surface area contributed by atoms with Gasteiger partial charge in [0.25, 0.3) is 0 Å². The fourth-order valence-corrected chi connectivity index (χ4v) is 0.347. The summed E-state index contributed by atoms with van der Waals surface area (Å²) in [6, 6.07) is 1.74. The van der Waals surface area contributed by atoms with Crippen molar-refractivity contribution in [2.45, 2.75) is 0 Å². The maximum atomic E-state index is 4.67. The summed E-state index contributed by atoms with van der Waals surface area (Å²) in [5, 5.41) is 0. The molecule has 0 aromatic carbocycles. The van der Waals surface area contributed by atoms with Crippen LogP contribution < -0.4 is 0 Å². The molecule has 2 nitrogen and oxygen atoms in total. The zero-order valence-electron chi connectivity index (χ0n) is 3.79. The van der Waals surface area contributed by atoms with Gasteiger partial charge in [0.2, 0.25) is 0 Å². The van der Waals surface area contributed by atoms with Crippen molar-refractivity contribution in [2.75, 3.05) is 0 Å². The first kappa shape index (κ1) is 4.12. The normalized spacial score (nSPS) is 8.57. The van der Waals surface area contributed by atoms with E-state index in [1.165, 1.54) is 6.26 Å². The summed E-state index contributed by atoms with van der Waals surface area (Å²) >= 11 is 0. The zero-order chi connectivity index (χ0) is 5.11. The third-order valence-corrected chi connectivity index (χ3v) is 0.689. The van der Waals surface area contributed by atoms with Crippen molar-refractivity contribution < 1.29 is 4.42 Å². The summed E-state index contributed by atoms with van der Waals surface area (Å²) in [4.78, 5) is 3.59. The average molecular weight is 95.1 g/mol. The number of hydrogen-bond donors (Lipinski definition) is 0. The number of aliphatic imine (C=N–C) groups is 1. The lowest BCUT2D eigenvalue weighted by atomic mass is 10.6. The average Bonchev–Trinajstić information content (AvgIpc) is 2.14. The zero-order valence-corrected chi connectivity index (χ0v) is 3.79. The molecule has 0 saturated heterocycles. The molecule has 0 radical (unpaired) electrons. The molecule has 0 bridgehead atoms. The van der Waals surface area contributed by atoms with E-state index in [-0.39, 0.29) is 0 Å². The SMILES string of the molecule is C=Nc1ccoc1. The van der Waals surface area contributed by atoms with Gasteiger partial charge < -0.3 is 4.42 Å². The molecule has 0 fully saturated rings. The topological polar surface area (TPSA) is 25.5 Å². The maximum Gasteiger partial charge on any atom is 0.116 e. The monoisotopic (exact) mass is 95.0 g/mol. The van der Waals surface area contributed by atoms with Crippen molar-refractivity contribution in [3.63, 3.8) is 0 Å². The molecule has 0 spiro atoms. The molecule has 0 aliphatic rings. The molecule has 1 aromatic rings. The summed E-state index contributed by atoms with van der Waals surface area (Å²) in [6.07, 6.45) is 3.09. The number of nitrogens with zero attached hydrogens (tertiary/aromatic N) is 1. The highest BCUT2D eigenvalue weighted by atomic mass is 16.3. The van der Waals surface area contributed by atoms with Crippen LogP contribution in [0.15, 0.2) is 28.0 Å². The first-order valence-electron chi connectivity index (χ1n) is 1.92. The highest BCUT2D eigenvalue weighted by molar-refractivity contribution is 5.41. The minimum atomic E-state index is 0.778. The summed E-state index contributed by atoms with van der Waals surface area (Å²) in [7, 11) is 0. The minimum Gasteiger partial charge on any atom is -0.470 e. The van der Waals surface area contributed by atoms with Gasteiger partial charge in [-0.2, -0.15) is 0 Å². The molecule has 0 unspecified atom stereocenters. The van der Waals surface area contributed by atoms with Crippen LogP contribution in [0.3, 0.4) is 0 Å². The lowest BCUT2D eigenvalue weighted by Gasteiger charge is -1.70. The number of hydrogen-bond acceptors (Lipinski definition) is 2. The van der Waals surface area contributed by atoms with E-state index in [0.717, 1.165) is 5.69 Å². The largest absolute Gasteiger partial charge is 0.470 e. The molecule has 0 aliphatic carbocycles. The number of rotatable bonds is 1. The predicted octanol–water partition coefficient (Wildman–Crippen LogP) is 1.61. The Labute approximate surface area is 41.5 Å². The van der Waals surface area contributed by atoms with Gasteiger partial charge in [0.05, 0.1) is 6.26 Å². The van der Waals surface area contributed by atoms with E-state index in [0.29, 0.717) is 0 Å². The Morgan fingerprint density at radius 2 is 2.57 bits per heavy atom. The quantitative estimate of drug-likeness (QED) is 0.486. The van der Waals surface area contributed by atoms with Crippen LogP contribution in [0, 0.1) is 0 Å². The lowest BCUT2D eigenvalue weighted by molar-refractivity contribution is 0.568. The van der Waals surface area contributed by atoms with Crippen molar-refractivity contribution >= 4 is 12.4 Å². The molecule has 7 heavy (non-hydrogen) atoms. The Balaban J connectivity index is 2.96. The van der Waals surface area contributed by atoms with Crippen LogP contribution in [-0.2, 0) is 0 Å². The van der Waals surface area contributed by atoms with Crippen molar-refractivity contribution in [1.29, 1.82) is 0 Å². The molecule has 36 valence electrons. The molecule has 1 aromatic heterocycles. The Morgan fingerprint density at radius 1 is 1.71 bits per heavy atom. The molecule has 1 rings (SSSR count). The Bertz CT molecular complexity index is 143. The smallest absolute Gasteiger partial charge is 0.116 e. The van der Waals surface area contributed by atoms with Crippen LogP contribution in [-0.4, -0.2) is 6.72 Å². The molecule has 0 atom stereocenters. The van der Waals surface area contributed by atoms with Gasteiger partial charge in [0.15, 0.2) is 0 Å².